The van der Waals surface area contributed by atoms with Crippen LogP contribution >= 0.6 is 0 Å². The number of benzene rings is 1. The lowest BCUT2D eigenvalue weighted by atomic mass is 9.77. The second kappa shape index (κ2) is 13.0. The summed E-state index contributed by atoms with van der Waals surface area (Å²) in [5, 5.41) is 26.7. The molecule has 2 unspecified atom stereocenters. The van der Waals surface area contributed by atoms with Crippen LogP contribution in [0.1, 0.15) is 70.9 Å². The van der Waals surface area contributed by atoms with Crippen LogP contribution < -0.4 is 10.6 Å². The van der Waals surface area contributed by atoms with Gasteiger partial charge in [-0.05, 0) is 47.8 Å². The van der Waals surface area contributed by atoms with Gasteiger partial charge in [0.2, 0.25) is 5.91 Å². The van der Waals surface area contributed by atoms with E-state index in [0.717, 1.165) is 44.1 Å². The topological polar surface area (TPSA) is 88.4 Å². The van der Waals surface area contributed by atoms with Gasteiger partial charge in [-0.3, -0.25) is 4.79 Å². The summed E-state index contributed by atoms with van der Waals surface area (Å²) in [6, 6.07) is 10.1. The molecule has 0 spiro atoms. The fraction of sp³-hybridized carbons (Fsp3) is 0.600. The number of nitriles is 1. The zero-order chi connectivity index (χ0) is 27.9. The van der Waals surface area contributed by atoms with Crippen LogP contribution in [0.25, 0.3) is 0 Å². The number of amides is 1. The second-order valence-electron chi connectivity index (χ2n) is 11.8. The normalized spacial score (nSPS) is 21.6. The van der Waals surface area contributed by atoms with Crippen molar-refractivity contribution in [2.24, 2.45) is 5.92 Å². The highest BCUT2D eigenvalue weighted by atomic mass is 19.1. The van der Waals surface area contributed by atoms with E-state index < -0.39 is 35.3 Å². The number of piperidine rings is 1. The van der Waals surface area contributed by atoms with E-state index in [1.807, 2.05) is 0 Å². The largest absolute Gasteiger partial charge is 0.390 e. The molecule has 1 heterocycles. The summed E-state index contributed by atoms with van der Waals surface area (Å²) in [6.07, 6.45) is 3.64. The lowest BCUT2D eigenvalue weighted by molar-refractivity contribution is -0.120. The molecule has 1 aliphatic carbocycles. The van der Waals surface area contributed by atoms with Crippen molar-refractivity contribution in [2.45, 2.75) is 82.9 Å². The second-order valence-corrected chi connectivity index (χ2v) is 11.8. The first-order valence-electron chi connectivity index (χ1n) is 13.6. The molecule has 0 radical (unpaired) electrons. The Morgan fingerprint density at radius 2 is 2.00 bits per heavy atom. The molecule has 2 aliphatic rings. The number of hydrogen-bond donors (Lipinski definition) is 3. The van der Waals surface area contributed by atoms with Crippen molar-refractivity contribution >= 4 is 5.91 Å². The van der Waals surface area contributed by atoms with E-state index in [1.54, 1.807) is 0 Å². The predicted octanol–water partition coefficient (Wildman–Crippen LogP) is 4.76. The van der Waals surface area contributed by atoms with Crippen LogP contribution in [-0.2, 0) is 15.7 Å². The summed E-state index contributed by atoms with van der Waals surface area (Å²) < 4.78 is 27.7. The average molecular weight is 529 g/mol. The molecule has 3 rings (SSSR count). The van der Waals surface area contributed by atoms with Crippen molar-refractivity contribution in [3.63, 3.8) is 0 Å². The molecule has 0 saturated carbocycles. The number of likely N-dealkylation sites (tertiary alicyclic amines) is 1. The zero-order valence-electron chi connectivity index (χ0n) is 23.1. The molecule has 1 saturated heterocycles. The summed E-state index contributed by atoms with van der Waals surface area (Å²) >= 11 is 0. The summed E-state index contributed by atoms with van der Waals surface area (Å²) in [7, 11) is 0. The number of allylic oxidation sites excluding steroid dienone is 4. The maximum absolute atomic E-state index is 13.8. The Hall–Kier alpha value is -2.60. The van der Waals surface area contributed by atoms with Crippen LogP contribution in [0.2, 0.25) is 0 Å². The molecule has 1 fully saturated rings. The van der Waals surface area contributed by atoms with Gasteiger partial charge in [0.1, 0.15) is 11.7 Å². The molecule has 8 heteroatoms. The van der Waals surface area contributed by atoms with Crippen LogP contribution in [0, 0.1) is 17.2 Å². The highest BCUT2D eigenvalue weighted by Gasteiger charge is 2.37. The molecule has 0 aromatic heterocycles. The minimum absolute atomic E-state index is 0.0206. The Kier molecular flexibility index (Phi) is 10.2. The van der Waals surface area contributed by atoms with Crippen molar-refractivity contribution in [2.75, 3.05) is 26.2 Å². The molecular weight excluding hydrogens is 486 g/mol. The first-order chi connectivity index (χ1) is 17.9. The SMILES string of the molecule is CC(=O)NC(CC1C=C(F)C=C(F)C1)[C@H](O)CNC1(c2cccc(C(C)(C)C)c2)CCN(CCC#N)CC1. The van der Waals surface area contributed by atoms with E-state index in [0.29, 0.717) is 6.42 Å². The fourth-order valence-electron chi connectivity index (χ4n) is 5.50. The molecule has 208 valence electrons. The minimum Gasteiger partial charge on any atom is -0.390 e. The Balaban J connectivity index is 1.80. The van der Waals surface area contributed by atoms with Crippen LogP contribution in [-0.4, -0.2) is 54.2 Å². The van der Waals surface area contributed by atoms with Crippen LogP contribution in [0.4, 0.5) is 8.78 Å². The van der Waals surface area contributed by atoms with Gasteiger partial charge in [-0.2, -0.15) is 5.26 Å². The Labute approximate surface area is 225 Å². The minimum atomic E-state index is -0.955. The Morgan fingerprint density at radius 1 is 1.29 bits per heavy atom. The lowest BCUT2D eigenvalue weighted by Crippen LogP contribution is -2.55. The van der Waals surface area contributed by atoms with E-state index in [2.05, 4.69) is 66.6 Å². The maximum Gasteiger partial charge on any atom is 0.217 e. The van der Waals surface area contributed by atoms with E-state index in [-0.39, 0.29) is 30.7 Å². The number of aliphatic hydroxyl groups is 1. The van der Waals surface area contributed by atoms with E-state index >= 15 is 0 Å². The molecule has 3 atom stereocenters. The van der Waals surface area contributed by atoms with Gasteiger partial charge in [0.15, 0.2) is 0 Å². The molecule has 3 N–H and O–H groups in total. The van der Waals surface area contributed by atoms with Gasteiger partial charge in [-0.25, -0.2) is 8.78 Å². The molecule has 1 aliphatic heterocycles. The highest BCUT2D eigenvalue weighted by molar-refractivity contribution is 5.73. The summed E-state index contributed by atoms with van der Waals surface area (Å²) in [6.45, 7) is 10.5. The third-order valence-corrected chi connectivity index (χ3v) is 7.74. The van der Waals surface area contributed by atoms with Gasteiger partial charge in [-0.1, -0.05) is 45.0 Å². The lowest BCUT2D eigenvalue weighted by Gasteiger charge is -2.44. The van der Waals surface area contributed by atoms with Crippen molar-refractivity contribution in [1.29, 1.82) is 5.26 Å². The number of carbonyl (C=O) groups excluding carboxylic acids is 1. The van der Waals surface area contributed by atoms with Gasteiger partial charge < -0.3 is 20.6 Å². The van der Waals surface area contributed by atoms with Crippen molar-refractivity contribution in [3.05, 3.63) is 59.2 Å². The van der Waals surface area contributed by atoms with Crippen molar-refractivity contribution in [3.8, 4) is 6.07 Å². The van der Waals surface area contributed by atoms with Gasteiger partial charge in [0.25, 0.3) is 0 Å². The van der Waals surface area contributed by atoms with Gasteiger partial charge >= 0.3 is 0 Å². The fourth-order valence-corrected chi connectivity index (χ4v) is 5.50. The number of halogens is 2. The van der Waals surface area contributed by atoms with Gasteiger partial charge in [0, 0.05) is 57.6 Å². The average Bonchev–Trinajstić information content (AvgIpc) is 2.85. The number of rotatable bonds is 10. The van der Waals surface area contributed by atoms with Crippen molar-refractivity contribution < 1.29 is 18.7 Å². The van der Waals surface area contributed by atoms with Crippen molar-refractivity contribution in [1.82, 2.24) is 15.5 Å². The van der Waals surface area contributed by atoms with E-state index in [4.69, 9.17) is 5.26 Å². The van der Waals surface area contributed by atoms with Crippen LogP contribution in [0.5, 0.6) is 0 Å². The third kappa shape index (κ3) is 8.20. The van der Waals surface area contributed by atoms with Crippen LogP contribution in [0.3, 0.4) is 0 Å². The van der Waals surface area contributed by atoms with Crippen LogP contribution in [0.15, 0.2) is 48.1 Å². The maximum atomic E-state index is 13.8. The summed E-state index contributed by atoms with van der Waals surface area (Å²) in [5.74, 6) is -1.92. The number of aliphatic hydroxyl groups excluding tert-OH is 1. The number of hydrogen-bond acceptors (Lipinski definition) is 5. The standard InChI is InChI=1S/C30H42F2N4O2/c1-21(37)35-27(17-22-15-25(31)19-26(32)16-22)28(38)20-34-30(9-13-36(14-10-30)12-6-11-33)24-8-5-7-23(18-24)29(2,3)4/h5,7-8,15,18-19,22,27-28,34,38H,6,9-10,12-14,16-17,20H2,1-4H3,(H,35,37)/t22?,27?,28-/m1/s1. The molecule has 1 aromatic rings. The monoisotopic (exact) mass is 528 g/mol. The van der Waals surface area contributed by atoms with E-state index in [1.165, 1.54) is 18.6 Å². The number of nitrogens with one attached hydrogen (secondary N) is 2. The Morgan fingerprint density at radius 3 is 2.61 bits per heavy atom. The highest BCUT2D eigenvalue weighted by Crippen LogP contribution is 2.36. The predicted molar refractivity (Wildman–Crippen MR) is 145 cm³/mol. The number of carbonyl (C=O) groups is 1. The zero-order valence-corrected chi connectivity index (χ0v) is 23.1. The molecular formula is C30H42F2N4O2. The molecule has 38 heavy (non-hydrogen) atoms. The molecule has 1 aromatic carbocycles. The quantitative estimate of drug-likeness (QED) is 0.408. The molecule has 0 bridgehead atoms. The third-order valence-electron chi connectivity index (χ3n) is 7.74. The van der Waals surface area contributed by atoms with Gasteiger partial charge in [-0.15, -0.1) is 0 Å². The van der Waals surface area contributed by atoms with Gasteiger partial charge in [0.05, 0.1) is 18.2 Å². The Bertz CT molecular complexity index is 1060. The molecule has 6 nitrogen and oxygen atoms in total. The first kappa shape index (κ1) is 29.9. The van der Waals surface area contributed by atoms with E-state index in [9.17, 15) is 18.7 Å². The first-order valence-corrected chi connectivity index (χ1v) is 13.6. The summed E-state index contributed by atoms with van der Waals surface area (Å²) in [4.78, 5) is 14.2. The number of nitrogens with zero attached hydrogens (tertiary/aromatic N) is 2. The molecule has 1 amide bonds. The summed E-state index contributed by atoms with van der Waals surface area (Å²) in [5.41, 5.74) is 1.96. The smallest absolute Gasteiger partial charge is 0.217 e.